The Labute approximate surface area is 137 Å². The van der Waals surface area contributed by atoms with Gasteiger partial charge in [-0.3, -0.25) is 4.79 Å². The Morgan fingerprint density at radius 2 is 2.22 bits per heavy atom. The molecule has 2 aromatic rings. The topological polar surface area (TPSA) is 75.6 Å². The molecule has 1 aromatic heterocycles. The predicted molar refractivity (Wildman–Crippen MR) is 87.0 cm³/mol. The van der Waals surface area contributed by atoms with Crippen LogP contribution in [0, 0.1) is 0 Å². The molecule has 0 spiro atoms. The minimum Gasteiger partial charge on any atom is -0.482 e. The Morgan fingerprint density at radius 1 is 1.35 bits per heavy atom. The molecule has 0 saturated carbocycles. The van der Waals surface area contributed by atoms with Crippen LogP contribution in [0.15, 0.2) is 35.7 Å². The first-order valence-electron chi connectivity index (χ1n) is 7.45. The number of amides is 1. The number of fused-ring (bicyclic) bond motifs is 1. The number of carbonyl (C=O) groups is 2. The van der Waals surface area contributed by atoms with Crippen molar-refractivity contribution in [1.29, 1.82) is 0 Å². The fourth-order valence-corrected chi connectivity index (χ4v) is 3.74. The molecule has 1 amide bonds. The van der Waals surface area contributed by atoms with E-state index in [0.717, 1.165) is 19.3 Å². The minimum atomic E-state index is -1.05. The zero-order valence-electron chi connectivity index (χ0n) is 12.5. The molecule has 0 bridgehead atoms. The van der Waals surface area contributed by atoms with Crippen LogP contribution in [0.2, 0.25) is 0 Å². The Morgan fingerprint density at radius 3 is 3.04 bits per heavy atom. The lowest BCUT2D eigenvalue weighted by atomic mass is 9.94. The molecule has 0 aliphatic heterocycles. The zero-order chi connectivity index (χ0) is 16.2. The van der Waals surface area contributed by atoms with Crippen molar-refractivity contribution in [3.63, 3.8) is 0 Å². The summed E-state index contributed by atoms with van der Waals surface area (Å²) >= 11 is 1.74. The molecular formula is C17H17NO4S. The van der Waals surface area contributed by atoms with Crippen LogP contribution < -0.4 is 10.1 Å². The highest BCUT2D eigenvalue weighted by Crippen LogP contribution is 2.33. The average molecular weight is 331 g/mol. The molecule has 120 valence electrons. The number of aryl methyl sites for hydroxylation is 1. The fraction of sp³-hybridized carbons (Fsp3) is 0.294. The van der Waals surface area contributed by atoms with Crippen molar-refractivity contribution in [2.24, 2.45) is 0 Å². The molecule has 1 unspecified atom stereocenters. The molecule has 1 heterocycles. The van der Waals surface area contributed by atoms with E-state index in [1.54, 1.807) is 35.6 Å². The van der Waals surface area contributed by atoms with Gasteiger partial charge in [-0.15, -0.1) is 11.3 Å². The van der Waals surface area contributed by atoms with E-state index in [9.17, 15) is 9.59 Å². The van der Waals surface area contributed by atoms with Gasteiger partial charge in [-0.25, -0.2) is 4.79 Å². The summed E-state index contributed by atoms with van der Waals surface area (Å²) in [7, 11) is 0. The van der Waals surface area contributed by atoms with Crippen molar-refractivity contribution in [3.8, 4) is 5.75 Å². The molecule has 5 nitrogen and oxygen atoms in total. The van der Waals surface area contributed by atoms with E-state index in [4.69, 9.17) is 9.84 Å². The molecule has 1 aliphatic rings. The molecule has 0 saturated heterocycles. The largest absolute Gasteiger partial charge is 0.482 e. The normalized spacial score (nSPS) is 16.4. The standard InChI is InChI=1S/C17H17NO4S/c19-16(20)10-22-12-4-1-3-11(9-12)17(21)18-14-5-2-6-15-13(14)7-8-23-15/h1,3-4,7-9,14H,2,5-6,10H2,(H,18,21)(H,19,20). The number of nitrogens with one attached hydrogen (secondary N) is 1. The van der Waals surface area contributed by atoms with Gasteiger partial charge < -0.3 is 15.2 Å². The van der Waals surface area contributed by atoms with Crippen molar-refractivity contribution < 1.29 is 19.4 Å². The van der Waals surface area contributed by atoms with Crippen LogP contribution >= 0.6 is 11.3 Å². The van der Waals surface area contributed by atoms with E-state index in [2.05, 4.69) is 16.8 Å². The number of carbonyl (C=O) groups excluding carboxylic acids is 1. The Hall–Kier alpha value is -2.34. The molecule has 1 atom stereocenters. The number of thiophene rings is 1. The lowest BCUT2D eigenvalue weighted by Crippen LogP contribution is -2.30. The van der Waals surface area contributed by atoms with E-state index >= 15 is 0 Å². The second-order valence-corrected chi connectivity index (χ2v) is 6.43. The highest BCUT2D eigenvalue weighted by molar-refractivity contribution is 7.10. The third-order valence-electron chi connectivity index (χ3n) is 3.82. The average Bonchev–Trinajstić information content (AvgIpc) is 3.03. The number of aliphatic carboxylic acids is 1. The first-order valence-corrected chi connectivity index (χ1v) is 8.33. The Balaban J connectivity index is 1.69. The SMILES string of the molecule is O=C(O)COc1cccc(C(=O)NC2CCCc3sccc32)c1. The van der Waals surface area contributed by atoms with Gasteiger partial charge in [-0.05, 0) is 54.5 Å². The Bertz CT molecular complexity index is 725. The molecule has 1 aromatic carbocycles. The summed E-state index contributed by atoms with van der Waals surface area (Å²) in [5, 5.41) is 13.8. The van der Waals surface area contributed by atoms with Gasteiger partial charge in [-0.2, -0.15) is 0 Å². The van der Waals surface area contributed by atoms with Crippen molar-refractivity contribution in [2.45, 2.75) is 25.3 Å². The van der Waals surface area contributed by atoms with Gasteiger partial charge in [0.2, 0.25) is 0 Å². The molecule has 0 radical (unpaired) electrons. The van der Waals surface area contributed by atoms with Crippen LogP contribution in [0.4, 0.5) is 0 Å². The summed E-state index contributed by atoms with van der Waals surface area (Å²) in [6.07, 6.45) is 3.09. The van der Waals surface area contributed by atoms with E-state index in [1.807, 2.05) is 0 Å². The highest BCUT2D eigenvalue weighted by Gasteiger charge is 2.23. The second kappa shape index (κ2) is 6.83. The third kappa shape index (κ3) is 3.71. The first kappa shape index (κ1) is 15.6. The maximum absolute atomic E-state index is 12.5. The maximum Gasteiger partial charge on any atom is 0.341 e. The number of benzene rings is 1. The first-order chi connectivity index (χ1) is 11.1. The monoisotopic (exact) mass is 331 g/mol. The quantitative estimate of drug-likeness (QED) is 0.883. The summed E-state index contributed by atoms with van der Waals surface area (Å²) in [5.74, 6) is -0.846. The number of hydrogen-bond donors (Lipinski definition) is 2. The van der Waals surface area contributed by atoms with Gasteiger partial charge >= 0.3 is 5.97 Å². The van der Waals surface area contributed by atoms with Crippen molar-refractivity contribution >= 4 is 23.2 Å². The zero-order valence-corrected chi connectivity index (χ0v) is 13.3. The van der Waals surface area contributed by atoms with Gasteiger partial charge in [0.15, 0.2) is 6.61 Å². The van der Waals surface area contributed by atoms with Gasteiger partial charge in [-0.1, -0.05) is 6.07 Å². The Kier molecular flexibility index (Phi) is 4.62. The number of carboxylic acid groups (broad SMARTS) is 1. The smallest absolute Gasteiger partial charge is 0.341 e. The molecule has 6 heteroatoms. The molecule has 0 fully saturated rings. The molecular weight excluding hydrogens is 314 g/mol. The predicted octanol–water partition coefficient (Wildman–Crippen LogP) is 3.02. The van der Waals surface area contributed by atoms with Gasteiger partial charge in [0.25, 0.3) is 5.91 Å². The summed E-state index contributed by atoms with van der Waals surface area (Å²) in [6, 6.07) is 8.70. The van der Waals surface area contributed by atoms with Crippen LogP contribution in [0.1, 0.15) is 39.7 Å². The molecule has 2 N–H and O–H groups in total. The third-order valence-corrected chi connectivity index (χ3v) is 4.81. The molecule has 3 rings (SSSR count). The van der Waals surface area contributed by atoms with Gasteiger partial charge in [0.1, 0.15) is 5.75 Å². The van der Waals surface area contributed by atoms with Crippen molar-refractivity contribution in [3.05, 3.63) is 51.7 Å². The minimum absolute atomic E-state index is 0.0427. The molecule has 1 aliphatic carbocycles. The maximum atomic E-state index is 12.5. The van der Waals surface area contributed by atoms with E-state index in [1.165, 1.54) is 10.4 Å². The summed E-state index contributed by atoms with van der Waals surface area (Å²) in [4.78, 5) is 24.3. The van der Waals surface area contributed by atoms with E-state index < -0.39 is 12.6 Å². The summed E-state index contributed by atoms with van der Waals surface area (Å²) in [5.41, 5.74) is 1.68. The summed E-state index contributed by atoms with van der Waals surface area (Å²) < 4.78 is 5.11. The van der Waals surface area contributed by atoms with Crippen LogP contribution in [0.3, 0.4) is 0 Å². The van der Waals surface area contributed by atoms with E-state index in [0.29, 0.717) is 11.3 Å². The lowest BCUT2D eigenvalue weighted by molar-refractivity contribution is -0.139. The van der Waals surface area contributed by atoms with E-state index in [-0.39, 0.29) is 11.9 Å². The van der Waals surface area contributed by atoms with Crippen molar-refractivity contribution in [2.75, 3.05) is 6.61 Å². The van der Waals surface area contributed by atoms with Crippen LogP contribution in [-0.4, -0.2) is 23.6 Å². The molecule has 23 heavy (non-hydrogen) atoms. The number of ether oxygens (including phenoxy) is 1. The summed E-state index contributed by atoms with van der Waals surface area (Å²) in [6.45, 7) is -0.425. The fourth-order valence-electron chi connectivity index (χ4n) is 2.75. The van der Waals surface area contributed by atoms with Gasteiger partial charge in [0, 0.05) is 10.4 Å². The second-order valence-electron chi connectivity index (χ2n) is 5.43. The lowest BCUT2D eigenvalue weighted by Gasteiger charge is -2.23. The van der Waals surface area contributed by atoms with Gasteiger partial charge in [0.05, 0.1) is 6.04 Å². The number of hydrogen-bond acceptors (Lipinski definition) is 4. The number of carboxylic acids is 1. The highest BCUT2D eigenvalue weighted by atomic mass is 32.1. The number of rotatable bonds is 5. The van der Waals surface area contributed by atoms with Crippen LogP contribution in [0.25, 0.3) is 0 Å². The van der Waals surface area contributed by atoms with Crippen LogP contribution in [-0.2, 0) is 11.2 Å². The van der Waals surface area contributed by atoms with Crippen LogP contribution in [0.5, 0.6) is 5.75 Å². The van der Waals surface area contributed by atoms with Crippen molar-refractivity contribution in [1.82, 2.24) is 5.32 Å².